The Kier molecular flexibility index (Phi) is 8.67. The number of hydrogen-bond donors (Lipinski definition) is 0. The van der Waals surface area contributed by atoms with E-state index in [9.17, 15) is 0 Å². The maximum atomic E-state index is 2.92. The van der Waals surface area contributed by atoms with Crippen molar-refractivity contribution in [3.63, 3.8) is 0 Å². The first kappa shape index (κ1) is 32.4. The number of quaternary nitrogens is 2. The maximum absolute atomic E-state index is 2.92. The molecule has 246 valence electrons. The van der Waals surface area contributed by atoms with E-state index in [2.05, 4.69) is 67.5 Å². The third-order valence-corrected chi connectivity index (χ3v) is 14.3. The molecule has 8 heterocycles. The summed E-state index contributed by atoms with van der Waals surface area (Å²) in [5.74, 6) is 0. The summed E-state index contributed by atoms with van der Waals surface area (Å²) >= 11 is 0. The van der Waals surface area contributed by atoms with Gasteiger partial charge >= 0.3 is 0 Å². The van der Waals surface area contributed by atoms with Crippen LogP contribution < -0.4 is 34.0 Å². The Balaban J connectivity index is 0.00000156. The van der Waals surface area contributed by atoms with Gasteiger partial charge in [0.2, 0.25) is 0 Å². The number of halogens is 2. The smallest absolute Gasteiger partial charge is 0.182 e. The Labute approximate surface area is 287 Å². The highest BCUT2D eigenvalue weighted by atomic mass is 79.9. The average Bonchev–Trinajstić information content (AvgIpc) is 3.00. The van der Waals surface area contributed by atoms with Gasteiger partial charge in [-0.25, -0.2) is 9.80 Å². The average molecular weight is 737 g/mol. The van der Waals surface area contributed by atoms with Crippen LogP contribution in [0.25, 0.3) is 0 Å². The van der Waals surface area contributed by atoms with Gasteiger partial charge in [0, 0.05) is 116 Å². The van der Waals surface area contributed by atoms with E-state index < -0.39 is 0 Å². The Morgan fingerprint density at radius 1 is 0.500 bits per heavy atom. The Hall–Kier alpha value is -0.140. The quantitative estimate of drug-likeness (QED) is 0.291. The van der Waals surface area contributed by atoms with Crippen molar-refractivity contribution < 1.29 is 42.9 Å². The molecule has 8 fully saturated rings. The highest BCUT2D eigenvalue weighted by molar-refractivity contribution is 5.22. The van der Waals surface area contributed by atoms with E-state index in [1.165, 1.54) is 152 Å². The van der Waals surface area contributed by atoms with Crippen LogP contribution in [0.4, 0.5) is 0 Å². The van der Waals surface area contributed by atoms with Gasteiger partial charge in [-0.3, -0.25) is 28.6 Å². The number of benzene rings is 1. The molecule has 0 saturated carbocycles. The summed E-state index contributed by atoms with van der Waals surface area (Å²) < 4.78 is 2.54. The molecule has 1 aromatic carbocycles. The van der Waals surface area contributed by atoms with Crippen molar-refractivity contribution in [2.75, 3.05) is 105 Å². The van der Waals surface area contributed by atoms with Gasteiger partial charge in [-0.05, 0) is 12.8 Å². The summed E-state index contributed by atoms with van der Waals surface area (Å²) in [5.41, 5.74) is 3.56. The summed E-state index contributed by atoms with van der Waals surface area (Å²) in [6.45, 7) is 28.4. The fourth-order valence-electron chi connectivity index (χ4n) is 12.3. The first-order chi connectivity index (χ1) is 20.5. The third-order valence-electron chi connectivity index (χ3n) is 14.3. The maximum Gasteiger partial charge on any atom is 0.182 e. The lowest BCUT2D eigenvalue weighted by Gasteiger charge is -2.70. The molecule has 8 aliphatic heterocycles. The van der Waals surface area contributed by atoms with Gasteiger partial charge in [-0.1, -0.05) is 24.3 Å². The molecule has 0 bridgehead atoms. The predicted molar refractivity (Wildman–Crippen MR) is 166 cm³/mol. The van der Waals surface area contributed by atoms with E-state index in [0.29, 0.717) is 12.3 Å². The van der Waals surface area contributed by atoms with Crippen LogP contribution in [0.1, 0.15) is 50.7 Å². The molecule has 9 rings (SSSR count). The van der Waals surface area contributed by atoms with Crippen LogP contribution in [0.3, 0.4) is 0 Å². The Bertz CT molecular complexity index is 1100. The van der Waals surface area contributed by atoms with E-state index >= 15 is 0 Å². The van der Waals surface area contributed by atoms with Crippen LogP contribution in [-0.2, 0) is 13.1 Å². The zero-order chi connectivity index (χ0) is 28.2. The second-order valence-corrected chi connectivity index (χ2v) is 15.8. The Morgan fingerprint density at radius 3 is 1.30 bits per heavy atom. The summed E-state index contributed by atoms with van der Waals surface area (Å²) in [7, 11) is 0. The van der Waals surface area contributed by atoms with Crippen molar-refractivity contribution in [2.24, 2.45) is 0 Å². The molecule has 2 unspecified atom stereocenters. The largest absolute Gasteiger partial charge is 1.00 e. The van der Waals surface area contributed by atoms with E-state index in [1.54, 1.807) is 11.1 Å². The summed E-state index contributed by atoms with van der Waals surface area (Å²) in [5, 5.41) is 0. The van der Waals surface area contributed by atoms with Crippen LogP contribution in [0.5, 0.6) is 0 Å². The lowest BCUT2D eigenvalue weighted by Crippen LogP contribution is -3.00. The van der Waals surface area contributed by atoms with Crippen LogP contribution >= 0.6 is 0 Å². The van der Waals surface area contributed by atoms with Gasteiger partial charge in [0.25, 0.3) is 0 Å². The standard InChI is InChI=1S/C34H56N8.2BrH/c1-33-31-35-11-3-13-37(31)21-25-41(33,23-5-15-39(33)19-17-35)27-29-7-9-30(10-8-29)28-42-24-6-16-40-20-18-36-12-4-14-38(22-26-42)32(36)34(40,42)2;;/h7-10,31-32H,3-6,11-28H2,1-2H3;2*1H/q+2;;/p-2/t31-,32-,33+,34+,41?,42?;;/m0../s1. The molecule has 0 amide bonds. The molecule has 8 aliphatic rings. The van der Waals surface area contributed by atoms with Gasteiger partial charge in [0.05, 0.1) is 26.2 Å². The van der Waals surface area contributed by atoms with Crippen molar-refractivity contribution >= 4 is 0 Å². The first-order valence-corrected chi connectivity index (χ1v) is 17.7. The summed E-state index contributed by atoms with van der Waals surface area (Å²) in [6.07, 6.45) is 6.60. The van der Waals surface area contributed by atoms with Gasteiger partial charge in [0.1, 0.15) is 25.4 Å². The van der Waals surface area contributed by atoms with Gasteiger partial charge in [-0.15, -0.1) is 0 Å². The topological polar surface area (TPSA) is 19.4 Å². The van der Waals surface area contributed by atoms with Gasteiger partial charge in [-0.2, -0.15) is 0 Å². The number of hydrogen-bond acceptors (Lipinski definition) is 6. The summed E-state index contributed by atoms with van der Waals surface area (Å²) in [6, 6.07) is 10.2. The second kappa shape index (κ2) is 11.8. The molecular formula is C34H56Br2N8. The van der Waals surface area contributed by atoms with E-state index in [1.807, 2.05) is 0 Å². The monoisotopic (exact) mass is 734 g/mol. The molecule has 0 N–H and O–H groups in total. The lowest BCUT2D eigenvalue weighted by molar-refractivity contribution is -1.01. The minimum atomic E-state index is 0. The molecule has 10 heteroatoms. The summed E-state index contributed by atoms with van der Waals surface area (Å²) in [4.78, 5) is 17.3. The fourth-order valence-corrected chi connectivity index (χ4v) is 12.3. The van der Waals surface area contributed by atoms with Crippen molar-refractivity contribution in [1.82, 2.24) is 29.4 Å². The zero-order valence-electron chi connectivity index (χ0n) is 27.4. The first-order valence-electron chi connectivity index (χ1n) is 17.7. The molecule has 8 nitrogen and oxygen atoms in total. The van der Waals surface area contributed by atoms with Crippen molar-refractivity contribution in [3.8, 4) is 0 Å². The molecule has 8 saturated heterocycles. The number of piperazine rings is 4. The molecule has 44 heavy (non-hydrogen) atoms. The zero-order valence-corrected chi connectivity index (χ0v) is 30.5. The van der Waals surface area contributed by atoms with E-state index in [-0.39, 0.29) is 45.3 Å². The highest BCUT2D eigenvalue weighted by Crippen LogP contribution is 2.48. The SMILES string of the molecule is C[C@]12[C@H]3N4CCCN3CC[N+]1(Cc1ccc(C[N+]35CCCN6CCN7CCCN(CC3)[C@H]7[C@]65C)cc1)CCCN2CC4.[Br-].[Br-]. The van der Waals surface area contributed by atoms with Crippen LogP contribution in [-0.4, -0.2) is 167 Å². The van der Waals surface area contributed by atoms with Crippen LogP contribution in [0.2, 0.25) is 0 Å². The van der Waals surface area contributed by atoms with E-state index in [4.69, 9.17) is 0 Å². The molecule has 0 spiro atoms. The molecule has 0 radical (unpaired) electrons. The molecular weight excluding hydrogens is 680 g/mol. The molecule has 0 aliphatic carbocycles. The Morgan fingerprint density at radius 2 is 0.886 bits per heavy atom. The van der Waals surface area contributed by atoms with Gasteiger partial charge in [0.15, 0.2) is 11.3 Å². The van der Waals surface area contributed by atoms with Crippen molar-refractivity contribution in [3.05, 3.63) is 35.4 Å². The molecule has 6 atom stereocenters. The van der Waals surface area contributed by atoms with Gasteiger partial charge < -0.3 is 34.0 Å². The van der Waals surface area contributed by atoms with Crippen molar-refractivity contribution in [1.29, 1.82) is 0 Å². The van der Waals surface area contributed by atoms with Crippen LogP contribution in [0.15, 0.2) is 24.3 Å². The number of nitrogens with zero attached hydrogens (tertiary/aromatic N) is 8. The minimum Gasteiger partial charge on any atom is -1.00 e. The molecule has 1 aromatic rings. The van der Waals surface area contributed by atoms with Crippen LogP contribution in [0, 0.1) is 0 Å². The predicted octanol–water partition coefficient (Wildman–Crippen LogP) is -4.11. The number of rotatable bonds is 4. The van der Waals surface area contributed by atoms with E-state index in [0.717, 1.165) is 0 Å². The molecule has 0 aromatic heterocycles. The fraction of sp³-hybridized carbons (Fsp3) is 0.824. The van der Waals surface area contributed by atoms with Crippen molar-refractivity contribution in [2.45, 2.75) is 76.3 Å². The second-order valence-electron chi connectivity index (χ2n) is 15.8. The minimum absolute atomic E-state index is 0. The third kappa shape index (κ3) is 4.41. The normalized spacial score (nSPS) is 42.9. The lowest BCUT2D eigenvalue weighted by atomic mass is 9.85. The highest BCUT2D eigenvalue weighted by Gasteiger charge is 2.67.